The lowest BCUT2D eigenvalue weighted by Gasteiger charge is -2.36. The number of hydrogen-bond donors (Lipinski definition) is 0. The third kappa shape index (κ3) is 4.84. The molecule has 1 fully saturated rings. The highest BCUT2D eigenvalue weighted by Gasteiger charge is 2.44. The maximum Gasteiger partial charge on any atom is 0.115 e. The minimum atomic E-state index is 0.173. The van der Waals surface area contributed by atoms with E-state index in [-0.39, 0.29) is 5.41 Å². The summed E-state index contributed by atoms with van der Waals surface area (Å²) in [6.45, 7) is 0. The predicted molar refractivity (Wildman–Crippen MR) is 194 cm³/mol. The topological polar surface area (TPSA) is 51.6 Å². The first-order valence-electron chi connectivity index (χ1n) is 16.9. The molecule has 0 aliphatic heterocycles. The van der Waals surface area contributed by atoms with Gasteiger partial charge in [0.2, 0.25) is 0 Å². The van der Waals surface area contributed by atoms with Gasteiger partial charge in [-0.05, 0) is 97.8 Å². The molecular formula is C44H34N4. The quantitative estimate of drug-likeness (QED) is 0.193. The molecule has 2 aromatic heterocycles. The van der Waals surface area contributed by atoms with E-state index < -0.39 is 0 Å². The Hall–Kier alpha value is -5.74. The maximum atomic E-state index is 4.25. The molecule has 0 unspecified atom stereocenters. The van der Waals surface area contributed by atoms with Crippen LogP contribution >= 0.6 is 0 Å². The Morgan fingerprint density at radius 3 is 1.42 bits per heavy atom. The van der Waals surface area contributed by atoms with E-state index in [1.807, 2.05) is 24.8 Å². The molecule has 5 aromatic carbocycles. The first-order valence-corrected chi connectivity index (χ1v) is 16.9. The van der Waals surface area contributed by atoms with Crippen LogP contribution in [0, 0.1) is 0 Å². The average Bonchev–Trinajstić information content (AvgIpc) is 3.44. The molecule has 0 saturated heterocycles. The van der Waals surface area contributed by atoms with Crippen LogP contribution in [0.4, 0.5) is 0 Å². The largest absolute Gasteiger partial charge is 0.244 e. The van der Waals surface area contributed by atoms with Crippen LogP contribution in [0.1, 0.15) is 43.2 Å². The van der Waals surface area contributed by atoms with Gasteiger partial charge in [-0.15, -0.1) is 0 Å². The molecule has 48 heavy (non-hydrogen) atoms. The van der Waals surface area contributed by atoms with Gasteiger partial charge in [-0.3, -0.25) is 0 Å². The first-order chi connectivity index (χ1) is 23.8. The van der Waals surface area contributed by atoms with E-state index in [4.69, 9.17) is 0 Å². The minimum Gasteiger partial charge on any atom is -0.244 e. The number of hydrogen-bond acceptors (Lipinski definition) is 4. The molecule has 2 aliphatic rings. The predicted octanol–water partition coefficient (Wildman–Crippen LogP) is 10.8. The molecule has 0 atom stereocenters. The van der Waals surface area contributed by atoms with Gasteiger partial charge in [0.25, 0.3) is 0 Å². The monoisotopic (exact) mass is 618 g/mol. The van der Waals surface area contributed by atoms with Gasteiger partial charge in [0.1, 0.15) is 12.7 Å². The highest BCUT2D eigenvalue weighted by atomic mass is 14.8. The van der Waals surface area contributed by atoms with Crippen LogP contribution in [0.2, 0.25) is 0 Å². The Labute approximate surface area is 281 Å². The molecule has 0 amide bonds. The summed E-state index contributed by atoms with van der Waals surface area (Å²) >= 11 is 0. The second-order valence-corrected chi connectivity index (χ2v) is 13.1. The van der Waals surface area contributed by atoms with Crippen LogP contribution in [-0.4, -0.2) is 19.9 Å². The third-order valence-corrected chi connectivity index (χ3v) is 10.5. The molecule has 230 valence electrons. The zero-order valence-corrected chi connectivity index (χ0v) is 26.7. The minimum absolute atomic E-state index is 0.173. The molecule has 0 N–H and O–H groups in total. The number of rotatable bonds is 5. The highest BCUT2D eigenvalue weighted by molar-refractivity contribution is 5.93. The Balaban J connectivity index is 1.05. The molecule has 9 rings (SSSR count). The molecule has 2 heterocycles. The van der Waals surface area contributed by atoms with E-state index in [0.717, 1.165) is 33.4 Å². The van der Waals surface area contributed by atoms with E-state index >= 15 is 0 Å². The Morgan fingerprint density at radius 2 is 0.833 bits per heavy atom. The Morgan fingerprint density at radius 1 is 0.375 bits per heavy atom. The van der Waals surface area contributed by atoms with Crippen LogP contribution in [-0.2, 0) is 5.41 Å². The van der Waals surface area contributed by atoms with Crippen molar-refractivity contribution in [3.05, 3.63) is 158 Å². The SMILES string of the molecule is c1ccc2c(c1)-c1c(-c3ccc(-c4ccc(-c5cc(-c6cncnc6)cc(-c6cncnc6)c5)cc4)cc3)cccc1C21CCCCC1. The van der Waals surface area contributed by atoms with Crippen LogP contribution in [0.3, 0.4) is 0 Å². The summed E-state index contributed by atoms with van der Waals surface area (Å²) in [5.74, 6) is 0. The number of aromatic nitrogens is 4. The van der Waals surface area contributed by atoms with Crippen LogP contribution in [0.5, 0.6) is 0 Å². The number of benzene rings is 5. The maximum absolute atomic E-state index is 4.25. The van der Waals surface area contributed by atoms with Crippen molar-refractivity contribution in [3.8, 4) is 66.8 Å². The number of fused-ring (bicyclic) bond motifs is 5. The molecule has 0 radical (unpaired) electrons. The van der Waals surface area contributed by atoms with Gasteiger partial charge in [-0.1, -0.05) is 110 Å². The zero-order valence-electron chi connectivity index (χ0n) is 26.7. The summed E-state index contributed by atoms with van der Waals surface area (Å²) in [7, 11) is 0. The standard InChI is InChI=1S/C44H34N4/c1-4-19-44(20-5-1)41-9-3-2-7-40(41)43-39(8-6-10-42(43)44)33-17-15-31(16-18-33)30-11-13-32(14-12-30)34-21-35(37-24-45-28-46-25-37)23-36(22-34)38-26-47-29-48-27-38/h2-3,6-18,21-29H,1,4-5,19-20H2. The first kappa shape index (κ1) is 28.5. The van der Waals surface area contributed by atoms with Gasteiger partial charge >= 0.3 is 0 Å². The van der Waals surface area contributed by atoms with Gasteiger partial charge in [0.15, 0.2) is 0 Å². The summed E-state index contributed by atoms with van der Waals surface area (Å²) in [4.78, 5) is 17.0. The van der Waals surface area contributed by atoms with E-state index in [2.05, 4.69) is 129 Å². The Bertz CT molecular complexity index is 2180. The summed E-state index contributed by atoms with van der Waals surface area (Å²) in [6, 6.07) is 40.7. The van der Waals surface area contributed by atoms with Crippen molar-refractivity contribution in [1.82, 2.24) is 19.9 Å². The van der Waals surface area contributed by atoms with Gasteiger partial charge in [0, 0.05) is 41.3 Å². The van der Waals surface area contributed by atoms with E-state index in [1.54, 1.807) is 12.7 Å². The summed E-state index contributed by atoms with van der Waals surface area (Å²) in [5, 5.41) is 0. The highest BCUT2D eigenvalue weighted by Crippen LogP contribution is 2.57. The van der Waals surface area contributed by atoms with Crippen LogP contribution < -0.4 is 0 Å². The van der Waals surface area contributed by atoms with Crippen LogP contribution in [0.15, 0.2) is 147 Å². The van der Waals surface area contributed by atoms with Crippen molar-refractivity contribution in [2.45, 2.75) is 37.5 Å². The van der Waals surface area contributed by atoms with Crippen molar-refractivity contribution in [2.24, 2.45) is 0 Å². The average molecular weight is 619 g/mol. The fraction of sp³-hybridized carbons (Fsp3) is 0.136. The third-order valence-electron chi connectivity index (χ3n) is 10.5. The lowest BCUT2D eigenvalue weighted by molar-refractivity contribution is 0.353. The summed E-state index contributed by atoms with van der Waals surface area (Å²) < 4.78 is 0. The Kier molecular flexibility index (Phi) is 7.01. The normalized spacial score (nSPS) is 14.4. The van der Waals surface area contributed by atoms with Crippen molar-refractivity contribution in [3.63, 3.8) is 0 Å². The summed E-state index contributed by atoms with van der Waals surface area (Å²) in [6.07, 6.45) is 17.0. The van der Waals surface area contributed by atoms with E-state index in [9.17, 15) is 0 Å². The molecule has 0 bridgehead atoms. The fourth-order valence-electron chi connectivity index (χ4n) is 8.16. The molecular weight excluding hydrogens is 585 g/mol. The second kappa shape index (κ2) is 11.8. The fourth-order valence-corrected chi connectivity index (χ4v) is 8.16. The lowest BCUT2D eigenvalue weighted by atomic mass is 9.68. The zero-order chi connectivity index (χ0) is 31.9. The van der Waals surface area contributed by atoms with Gasteiger partial charge < -0.3 is 0 Å². The van der Waals surface area contributed by atoms with Crippen LogP contribution in [0.25, 0.3) is 66.8 Å². The van der Waals surface area contributed by atoms with Crippen molar-refractivity contribution < 1.29 is 0 Å². The second-order valence-electron chi connectivity index (χ2n) is 13.1. The van der Waals surface area contributed by atoms with Crippen molar-refractivity contribution in [1.29, 1.82) is 0 Å². The van der Waals surface area contributed by atoms with Gasteiger partial charge in [0.05, 0.1) is 0 Å². The molecule has 1 saturated carbocycles. The molecule has 1 spiro atoms. The molecule has 2 aliphatic carbocycles. The van der Waals surface area contributed by atoms with Crippen molar-refractivity contribution in [2.75, 3.05) is 0 Å². The van der Waals surface area contributed by atoms with Crippen molar-refractivity contribution >= 4 is 0 Å². The van der Waals surface area contributed by atoms with E-state index in [1.165, 1.54) is 76.6 Å². The van der Waals surface area contributed by atoms with Gasteiger partial charge in [-0.2, -0.15) is 0 Å². The molecule has 7 aromatic rings. The summed E-state index contributed by atoms with van der Waals surface area (Å²) in [5.41, 5.74) is 17.4. The van der Waals surface area contributed by atoms with Gasteiger partial charge in [-0.25, -0.2) is 19.9 Å². The smallest absolute Gasteiger partial charge is 0.115 e. The lowest BCUT2D eigenvalue weighted by Crippen LogP contribution is -2.27. The van der Waals surface area contributed by atoms with E-state index in [0.29, 0.717) is 0 Å². The number of nitrogens with zero attached hydrogens (tertiary/aromatic N) is 4. The molecule has 4 nitrogen and oxygen atoms in total. The molecule has 4 heteroatoms.